The van der Waals surface area contributed by atoms with Gasteiger partial charge in [0.1, 0.15) is 5.54 Å². The number of anilines is 1. The molecule has 5 nitrogen and oxygen atoms in total. The highest BCUT2D eigenvalue weighted by molar-refractivity contribution is 5.96. The molecule has 0 radical (unpaired) electrons. The minimum absolute atomic E-state index is 0.336. The highest BCUT2D eigenvalue weighted by Crippen LogP contribution is 2.36. The van der Waals surface area contributed by atoms with Crippen LogP contribution in [0.4, 0.5) is 10.5 Å². The number of hydrogen-bond donors (Lipinski definition) is 2. The third kappa shape index (κ3) is 2.73. The summed E-state index contributed by atoms with van der Waals surface area (Å²) in [6.45, 7) is 0. The molecule has 2 aliphatic carbocycles. The normalized spacial score (nSPS) is 18.3. The van der Waals surface area contributed by atoms with Crippen LogP contribution < -0.4 is 10.6 Å². The number of nitrogens with one attached hydrogen (secondary N) is 2. The zero-order valence-corrected chi connectivity index (χ0v) is 12.2. The van der Waals surface area contributed by atoms with Crippen molar-refractivity contribution in [2.75, 3.05) is 12.4 Å². The molecule has 0 atom stereocenters. The summed E-state index contributed by atoms with van der Waals surface area (Å²) in [4.78, 5) is 23.8. The maximum Gasteiger partial charge on any atom is 0.331 e. The van der Waals surface area contributed by atoms with Crippen LogP contribution >= 0.6 is 0 Å². The largest absolute Gasteiger partial charge is 0.467 e. The number of rotatable bonds is 3. The molecule has 0 saturated heterocycles. The lowest BCUT2D eigenvalue weighted by Crippen LogP contribution is -2.45. The van der Waals surface area contributed by atoms with Crippen LogP contribution in [0.1, 0.15) is 36.8 Å². The average molecular weight is 288 g/mol. The maximum atomic E-state index is 12.1. The number of amides is 2. The van der Waals surface area contributed by atoms with Crippen LogP contribution in [-0.2, 0) is 22.4 Å². The van der Waals surface area contributed by atoms with E-state index in [0.717, 1.165) is 24.9 Å². The van der Waals surface area contributed by atoms with E-state index in [0.29, 0.717) is 12.8 Å². The molecular weight excluding hydrogens is 268 g/mol. The number of carbonyl (C=O) groups is 2. The van der Waals surface area contributed by atoms with Crippen LogP contribution in [0.5, 0.6) is 0 Å². The predicted octanol–water partition coefficient (Wildman–Crippen LogP) is 2.39. The highest BCUT2D eigenvalue weighted by atomic mass is 16.5. The maximum absolute atomic E-state index is 12.1. The zero-order valence-electron chi connectivity index (χ0n) is 12.2. The Kier molecular flexibility index (Phi) is 3.57. The van der Waals surface area contributed by atoms with Gasteiger partial charge in [-0.05, 0) is 55.7 Å². The molecule has 0 unspecified atom stereocenters. The van der Waals surface area contributed by atoms with Crippen molar-refractivity contribution in [3.05, 3.63) is 29.3 Å². The number of ether oxygens (including phenoxy) is 1. The zero-order chi connectivity index (χ0) is 14.9. The standard InChI is InChI=1S/C16H20N2O3/c1-21-14(19)16(9-10-16)18-15(20)17-13-8-4-6-11-5-2-3-7-12(11)13/h4,6,8H,2-3,5,7,9-10H2,1H3,(H2,17,18,20). The fourth-order valence-electron chi connectivity index (χ4n) is 2.97. The SMILES string of the molecule is COC(=O)C1(NC(=O)Nc2cccc3c2CCCC3)CC1. The molecule has 21 heavy (non-hydrogen) atoms. The molecule has 1 fully saturated rings. The second-order valence-electron chi connectivity index (χ2n) is 5.80. The number of benzene rings is 1. The van der Waals surface area contributed by atoms with Gasteiger partial charge in [-0.3, -0.25) is 0 Å². The van der Waals surface area contributed by atoms with Crippen LogP contribution in [0, 0.1) is 0 Å². The summed E-state index contributed by atoms with van der Waals surface area (Å²) < 4.78 is 4.74. The van der Waals surface area contributed by atoms with E-state index < -0.39 is 5.54 Å². The van der Waals surface area contributed by atoms with Gasteiger partial charge in [-0.2, -0.15) is 0 Å². The number of fused-ring (bicyclic) bond motifs is 1. The number of urea groups is 1. The summed E-state index contributed by atoms with van der Waals surface area (Å²) >= 11 is 0. The van der Waals surface area contributed by atoms with E-state index in [1.807, 2.05) is 12.1 Å². The monoisotopic (exact) mass is 288 g/mol. The third-order valence-electron chi connectivity index (χ3n) is 4.32. The fraction of sp³-hybridized carbons (Fsp3) is 0.500. The quantitative estimate of drug-likeness (QED) is 0.839. The summed E-state index contributed by atoms with van der Waals surface area (Å²) in [7, 11) is 1.34. The van der Waals surface area contributed by atoms with Crippen molar-refractivity contribution in [3.63, 3.8) is 0 Å². The van der Waals surface area contributed by atoms with Gasteiger partial charge in [0, 0.05) is 5.69 Å². The first-order chi connectivity index (χ1) is 10.1. The Labute approximate surface area is 124 Å². The summed E-state index contributed by atoms with van der Waals surface area (Å²) in [6.07, 6.45) is 5.69. The van der Waals surface area contributed by atoms with Gasteiger partial charge in [0.05, 0.1) is 7.11 Å². The second kappa shape index (κ2) is 5.39. The van der Waals surface area contributed by atoms with Gasteiger partial charge >= 0.3 is 12.0 Å². The van der Waals surface area contributed by atoms with Crippen molar-refractivity contribution < 1.29 is 14.3 Å². The number of carbonyl (C=O) groups excluding carboxylic acids is 2. The molecule has 3 rings (SSSR count). The van der Waals surface area contributed by atoms with Gasteiger partial charge in [0.2, 0.25) is 0 Å². The minimum atomic E-state index is -0.812. The number of aryl methyl sites for hydroxylation is 1. The second-order valence-corrected chi connectivity index (χ2v) is 5.80. The molecule has 1 aromatic rings. The van der Waals surface area contributed by atoms with Gasteiger partial charge in [-0.1, -0.05) is 12.1 Å². The molecule has 2 N–H and O–H groups in total. The average Bonchev–Trinajstić information content (AvgIpc) is 3.27. The van der Waals surface area contributed by atoms with E-state index in [1.54, 1.807) is 0 Å². The van der Waals surface area contributed by atoms with Crippen molar-refractivity contribution in [3.8, 4) is 0 Å². The Hall–Kier alpha value is -2.04. The van der Waals surface area contributed by atoms with Crippen LogP contribution in [0.15, 0.2) is 18.2 Å². The Morgan fingerprint density at radius 2 is 1.95 bits per heavy atom. The summed E-state index contributed by atoms with van der Waals surface area (Å²) in [5.74, 6) is -0.368. The Morgan fingerprint density at radius 1 is 1.19 bits per heavy atom. The van der Waals surface area contributed by atoms with Gasteiger partial charge < -0.3 is 15.4 Å². The van der Waals surface area contributed by atoms with Crippen molar-refractivity contribution in [2.45, 2.75) is 44.1 Å². The minimum Gasteiger partial charge on any atom is -0.467 e. The summed E-state index contributed by atoms with van der Waals surface area (Å²) in [6, 6.07) is 5.67. The van der Waals surface area contributed by atoms with E-state index in [1.165, 1.54) is 24.7 Å². The molecule has 1 aromatic carbocycles. The first-order valence-electron chi connectivity index (χ1n) is 7.43. The van der Waals surface area contributed by atoms with Crippen molar-refractivity contribution in [1.29, 1.82) is 0 Å². The van der Waals surface area contributed by atoms with Crippen molar-refractivity contribution in [1.82, 2.24) is 5.32 Å². The smallest absolute Gasteiger partial charge is 0.331 e. The first-order valence-corrected chi connectivity index (χ1v) is 7.43. The lowest BCUT2D eigenvalue weighted by molar-refractivity contribution is -0.144. The lowest BCUT2D eigenvalue weighted by Gasteiger charge is -2.21. The molecule has 2 amide bonds. The molecule has 1 saturated carbocycles. The molecule has 0 bridgehead atoms. The van der Waals surface area contributed by atoms with Crippen LogP contribution in [0.2, 0.25) is 0 Å². The number of hydrogen-bond acceptors (Lipinski definition) is 3. The van der Waals surface area contributed by atoms with Gasteiger partial charge in [0.15, 0.2) is 0 Å². The number of methoxy groups -OCH3 is 1. The summed E-state index contributed by atoms with van der Waals surface area (Å²) in [5, 5.41) is 5.64. The molecule has 0 aromatic heterocycles. The third-order valence-corrected chi connectivity index (χ3v) is 4.32. The topological polar surface area (TPSA) is 67.4 Å². The Morgan fingerprint density at radius 3 is 2.67 bits per heavy atom. The van der Waals surface area contributed by atoms with Crippen LogP contribution in [0.25, 0.3) is 0 Å². The fourth-order valence-corrected chi connectivity index (χ4v) is 2.97. The van der Waals surface area contributed by atoms with Gasteiger partial charge in [-0.15, -0.1) is 0 Å². The Bertz CT molecular complexity index is 579. The number of esters is 1. The van der Waals surface area contributed by atoms with Crippen LogP contribution in [0.3, 0.4) is 0 Å². The van der Waals surface area contributed by atoms with Gasteiger partial charge in [0.25, 0.3) is 0 Å². The predicted molar refractivity (Wildman–Crippen MR) is 79.2 cm³/mol. The van der Waals surface area contributed by atoms with Crippen molar-refractivity contribution in [2.24, 2.45) is 0 Å². The highest BCUT2D eigenvalue weighted by Gasteiger charge is 2.52. The molecule has 2 aliphatic rings. The molecule has 0 heterocycles. The van der Waals surface area contributed by atoms with Crippen LogP contribution in [-0.4, -0.2) is 24.6 Å². The molecule has 112 valence electrons. The molecule has 0 spiro atoms. The molecule has 5 heteroatoms. The lowest BCUT2D eigenvalue weighted by atomic mass is 9.90. The first kappa shape index (κ1) is 13.9. The molecule has 0 aliphatic heterocycles. The summed E-state index contributed by atoms with van der Waals surface area (Å²) in [5.41, 5.74) is 2.58. The molecular formula is C16H20N2O3. The van der Waals surface area contributed by atoms with E-state index in [9.17, 15) is 9.59 Å². The van der Waals surface area contributed by atoms with Gasteiger partial charge in [-0.25, -0.2) is 9.59 Å². The Balaban J connectivity index is 1.70. The van der Waals surface area contributed by atoms with E-state index in [-0.39, 0.29) is 12.0 Å². The van der Waals surface area contributed by atoms with E-state index in [4.69, 9.17) is 4.74 Å². The van der Waals surface area contributed by atoms with E-state index >= 15 is 0 Å². The van der Waals surface area contributed by atoms with Crippen molar-refractivity contribution >= 4 is 17.7 Å². The van der Waals surface area contributed by atoms with E-state index in [2.05, 4.69) is 16.7 Å².